The zero-order chi connectivity index (χ0) is 30.2. The van der Waals surface area contributed by atoms with Gasteiger partial charge in [-0.3, -0.25) is 13.9 Å². The number of carbonyl (C=O) groups is 2. The summed E-state index contributed by atoms with van der Waals surface area (Å²) >= 11 is 6.49. The van der Waals surface area contributed by atoms with E-state index in [1.807, 2.05) is 51.1 Å². The largest absolute Gasteiger partial charge is 0.495 e. The van der Waals surface area contributed by atoms with Gasteiger partial charge in [-0.1, -0.05) is 73.1 Å². The highest BCUT2D eigenvalue weighted by molar-refractivity contribution is 7.92. The molecule has 10 heteroatoms. The first-order valence-corrected chi connectivity index (χ1v) is 15.7. The van der Waals surface area contributed by atoms with Gasteiger partial charge in [0.15, 0.2) is 0 Å². The van der Waals surface area contributed by atoms with Crippen molar-refractivity contribution in [3.63, 3.8) is 0 Å². The van der Waals surface area contributed by atoms with Crippen LogP contribution in [0.4, 0.5) is 5.69 Å². The summed E-state index contributed by atoms with van der Waals surface area (Å²) in [6, 6.07) is 20.5. The summed E-state index contributed by atoms with van der Waals surface area (Å²) in [6.45, 7) is 5.15. The van der Waals surface area contributed by atoms with Gasteiger partial charge in [-0.25, -0.2) is 8.42 Å². The van der Waals surface area contributed by atoms with E-state index in [0.29, 0.717) is 22.8 Å². The lowest BCUT2D eigenvalue weighted by molar-refractivity contribution is -0.140. The lowest BCUT2D eigenvalue weighted by Crippen LogP contribution is -2.54. The fraction of sp³-hybridized carbons (Fsp3) is 0.355. The second-order valence-electron chi connectivity index (χ2n) is 10.1. The van der Waals surface area contributed by atoms with E-state index in [-0.39, 0.29) is 30.6 Å². The number of rotatable bonds is 13. The van der Waals surface area contributed by atoms with Crippen molar-refractivity contribution in [3.05, 3.63) is 94.5 Å². The predicted molar refractivity (Wildman–Crippen MR) is 164 cm³/mol. The van der Waals surface area contributed by atoms with Crippen LogP contribution in [-0.4, -0.2) is 57.1 Å². The van der Waals surface area contributed by atoms with Crippen LogP contribution in [0.3, 0.4) is 0 Å². The maximum Gasteiger partial charge on any atom is 0.244 e. The van der Waals surface area contributed by atoms with Crippen LogP contribution in [0.1, 0.15) is 37.0 Å². The molecule has 0 saturated heterocycles. The van der Waals surface area contributed by atoms with Gasteiger partial charge in [0, 0.05) is 24.0 Å². The summed E-state index contributed by atoms with van der Waals surface area (Å²) < 4.78 is 32.6. The molecule has 0 saturated carbocycles. The molecule has 0 aliphatic carbocycles. The molecule has 3 rings (SSSR count). The molecule has 0 unspecified atom stereocenters. The van der Waals surface area contributed by atoms with Gasteiger partial charge in [-0.2, -0.15) is 0 Å². The predicted octanol–water partition coefficient (Wildman–Crippen LogP) is 4.98. The number of ether oxygens (including phenoxy) is 1. The SMILES string of the molecule is CC[C@@H](C)NC(=O)[C@H](Cc1ccccc1)N(Cc1ccccc1Cl)C(=O)CN(c1cc(C)ccc1OC)S(C)(=O)=O. The monoisotopic (exact) mass is 599 g/mol. The normalized spacial score (nSPS) is 12.7. The number of carbonyl (C=O) groups excluding carboxylic acids is 2. The van der Waals surface area contributed by atoms with Crippen molar-refractivity contribution in [2.24, 2.45) is 0 Å². The Bertz CT molecular complexity index is 1450. The number of benzene rings is 3. The van der Waals surface area contributed by atoms with Crippen molar-refractivity contribution in [2.45, 2.75) is 52.2 Å². The van der Waals surface area contributed by atoms with Gasteiger partial charge < -0.3 is 15.0 Å². The van der Waals surface area contributed by atoms with Gasteiger partial charge in [-0.15, -0.1) is 0 Å². The molecule has 1 N–H and O–H groups in total. The molecular weight excluding hydrogens is 562 g/mol. The van der Waals surface area contributed by atoms with Crippen LogP contribution >= 0.6 is 11.6 Å². The lowest BCUT2D eigenvalue weighted by atomic mass is 10.0. The van der Waals surface area contributed by atoms with E-state index < -0.39 is 28.5 Å². The Balaban J connectivity index is 2.11. The Hall–Kier alpha value is -3.56. The number of anilines is 1. The zero-order valence-corrected chi connectivity index (χ0v) is 25.7. The van der Waals surface area contributed by atoms with Crippen LogP contribution in [0.25, 0.3) is 0 Å². The summed E-state index contributed by atoms with van der Waals surface area (Å²) in [5.41, 5.74) is 2.53. The Morgan fingerprint density at radius 2 is 1.68 bits per heavy atom. The minimum Gasteiger partial charge on any atom is -0.495 e. The molecule has 0 bridgehead atoms. The van der Waals surface area contributed by atoms with Gasteiger partial charge in [0.1, 0.15) is 18.3 Å². The molecule has 0 spiro atoms. The van der Waals surface area contributed by atoms with Crippen molar-refractivity contribution in [1.29, 1.82) is 0 Å². The highest BCUT2D eigenvalue weighted by Gasteiger charge is 2.34. The minimum atomic E-state index is -3.93. The van der Waals surface area contributed by atoms with Gasteiger partial charge >= 0.3 is 0 Å². The number of amides is 2. The molecule has 220 valence electrons. The topological polar surface area (TPSA) is 96.0 Å². The Morgan fingerprint density at radius 3 is 2.29 bits per heavy atom. The van der Waals surface area contributed by atoms with Crippen LogP contribution in [-0.2, 0) is 32.6 Å². The lowest BCUT2D eigenvalue weighted by Gasteiger charge is -2.34. The molecule has 0 fully saturated rings. The molecule has 0 aliphatic rings. The van der Waals surface area contributed by atoms with Gasteiger partial charge in [0.2, 0.25) is 21.8 Å². The van der Waals surface area contributed by atoms with E-state index in [0.717, 1.165) is 21.7 Å². The van der Waals surface area contributed by atoms with Crippen molar-refractivity contribution < 1.29 is 22.7 Å². The maximum absolute atomic E-state index is 14.2. The molecule has 2 amide bonds. The third-order valence-electron chi connectivity index (χ3n) is 6.85. The first kappa shape index (κ1) is 32.0. The van der Waals surface area contributed by atoms with E-state index in [2.05, 4.69) is 5.32 Å². The molecule has 0 radical (unpaired) electrons. The number of nitrogens with zero attached hydrogens (tertiary/aromatic N) is 2. The number of nitrogens with one attached hydrogen (secondary N) is 1. The highest BCUT2D eigenvalue weighted by atomic mass is 35.5. The Morgan fingerprint density at radius 1 is 1.02 bits per heavy atom. The van der Waals surface area contributed by atoms with Gasteiger partial charge in [0.05, 0.1) is 19.1 Å². The van der Waals surface area contributed by atoms with E-state index in [1.165, 1.54) is 12.0 Å². The Kier molecular flexibility index (Phi) is 11.2. The van der Waals surface area contributed by atoms with Crippen LogP contribution < -0.4 is 14.4 Å². The average molecular weight is 600 g/mol. The Labute approximate surface area is 248 Å². The number of methoxy groups -OCH3 is 1. The molecule has 2 atom stereocenters. The van der Waals surface area contributed by atoms with Gasteiger partial charge in [0.25, 0.3) is 0 Å². The summed E-state index contributed by atoms with van der Waals surface area (Å²) in [6.07, 6.45) is 1.97. The van der Waals surface area contributed by atoms with Crippen LogP contribution in [0, 0.1) is 6.92 Å². The van der Waals surface area contributed by atoms with Crippen LogP contribution in [0.2, 0.25) is 5.02 Å². The molecule has 3 aromatic rings. The summed E-state index contributed by atoms with van der Waals surface area (Å²) in [4.78, 5) is 29.4. The summed E-state index contributed by atoms with van der Waals surface area (Å²) in [5.74, 6) is -0.580. The highest BCUT2D eigenvalue weighted by Crippen LogP contribution is 2.31. The molecule has 8 nitrogen and oxygen atoms in total. The number of aryl methyl sites for hydroxylation is 1. The van der Waals surface area contributed by atoms with Crippen LogP contribution in [0.5, 0.6) is 5.75 Å². The quantitative estimate of drug-likeness (QED) is 0.299. The first-order chi connectivity index (χ1) is 19.4. The van der Waals surface area contributed by atoms with E-state index in [1.54, 1.807) is 42.5 Å². The third-order valence-corrected chi connectivity index (χ3v) is 8.35. The van der Waals surface area contributed by atoms with Crippen molar-refractivity contribution in [3.8, 4) is 5.75 Å². The fourth-order valence-electron chi connectivity index (χ4n) is 4.39. The maximum atomic E-state index is 14.2. The van der Waals surface area contributed by atoms with E-state index in [4.69, 9.17) is 16.3 Å². The van der Waals surface area contributed by atoms with Crippen molar-refractivity contribution >= 4 is 39.1 Å². The third kappa shape index (κ3) is 8.71. The van der Waals surface area contributed by atoms with Crippen molar-refractivity contribution in [2.75, 3.05) is 24.2 Å². The summed E-state index contributed by atoms with van der Waals surface area (Å²) in [7, 11) is -2.49. The zero-order valence-electron chi connectivity index (χ0n) is 24.1. The molecule has 41 heavy (non-hydrogen) atoms. The number of hydrogen-bond donors (Lipinski definition) is 1. The number of sulfonamides is 1. The molecular formula is C31H38ClN3O5S. The fourth-order valence-corrected chi connectivity index (χ4v) is 5.44. The second kappa shape index (κ2) is 14.4. The smallest absolute Gasteiger partial charge is 0.244 e. The standard InChI is InChI=1S/C31H38ClN3O5S/c1-6-23(3)33-31(37)28(19-24-12-8-7-9-13-24)34(20-25-14-10-11-15-26(25)32)30(36)21-35(41(5,38)39)27-18-22(2)16-17-29(27)40-4/h7-18,23,28H,6,19-21H2,1-5H3,(H,33,37)/t23-,28+/m1/s1. The average Bonchev–Trinajstić information content (AvgIpc) is 2.94. The summed E-state index contributed by atoms with van der Waals surface area (Å²) in [5, 5.41) is 3.45. The molecule has 3 aromatic carbocycles. The second-order valence-corrected chi connectivity index (χ2v) is 12.4. The molecule has 0 heterocycles. The first-order valence-electron chi connectivity index (χ1n) is 13.4. The van der Waals surface area contributed by atoms with Gasteiger partial charge in [-0.05, 0) is 55.2 Å². The molecule has 0 aliphatic heterocycles. The number of halogens is 1. The molecule has 0 aromatic heterocycles. The van der Waals surface area contributed by atoms with Crippen molar-refractivity contribution in [1.82, 2.24) is 10.2 Å². The van der Waals surface area contributed by atoms with Crippen LogP contribution in [0.15, 0.2) is 72.8 Å². The number of hydrogen-bond acceptors (Lipinski definition) is 5. The van der Waals surface area contributed by atoms with E-state index in [9.17, 15) is 18.0 Å². The minimum absolute atomic E-state index is 0.00644. The van der Waals surface area contributed by atoms with E-state index >= 15 is 0 Å².